The SMILES string of the molecule is CC(C)CCN(C(=O)c1cn(C2CCNCC2)nn1)C1CC1.Cl. The zero-order chi connectivity index (χ0) is 15.5. The van der Waals surface area contributed by atoms with E-state index >= 15 is 0 Å². The Kier molecular flexibility index (Phi) is 6.41. The fraction of sp³-hybridized carbons (Fsp3) is 0.812. The van der Waals surface area contributed by atoms with Crippen molar-refractivity contribution in [1.29, 1.82) is 0 Å². The van der Waals surface area contributed by atoms with Gasteiger partial charge in [-0.1, -0.05) is 19.1 Å². The highest BCUT2D eigenvalue weighted by Crippen LogP contribution is 2.29. The second-order valence-corrected chi connectivity index (χ2v) is 6.98. The van der Waals surface area contributed by atoms with Crippen molar-refractivity contribution in [1.82, 2.24) is 25.2 Å². The van der Waals surface area contributed by atoms with Gasteiger partial charge in [0.05, 0.1) is 12.2 Å². The van der Waals surface area contributed by atoms with Gasteiger partial charge in [0.25, 0.3) is 5.91 Å². The van der Waals surface area contributed by atoms with Crippen LogP contribution in [0, 0.1) is 5.92 Å². The monoisotopic (exact) mass is 341 g/mol. The lowest BCUT2D eigenvalue weighted by atomic mass is 10.1. The lowest BCUT2D eigenvalue weighted by molar-refractivity contribution is 0.0729. The normalized spacial score (nSPS) is 18.7. The minimum Gasteiger partial charge on any atom is -0.334 e. The van der Waals surface area contributed by atoms with Crippen molar-refractivity contribution < 1.29 is 4.79 Å². The van der Waals surface area contributed by atoms with Crippen LogP contribution in [-0.2, 0) is 0 Å². The van der Waals surface area contributed by atoms with Crippen molar-refractivity contribution in [2.75, 3.05) is 19.6 Å². The van der Waals surface area contributed by atoms with Crippen molar-refractivity contribution in [3.8, 4) is 0 Å². The van der Waals surface area contributed by atoms with Gasteiger partial charge in [0.2, 0.25) is 0 Å². The summed E-state index contributed by atoms with van der Waals surface area (Å²) in [5.41, 5.74) is 0.509. The molecule has 7 heteroatoms. The highest BCUT2D eigenvalue weighted by molar-refractivity contribution is 5.92. The molecule has 1 aliphatic heterocycles. The molecule has 0 aromatic carbocycles. The third-order valence-electron chi connectivity index (χ3n) is 4.61. The Balaban J connectivity index is 0.00000192. The first-order valence-corrected chi connectivity index (χ1v) is 8.58. The van der Waals surface area contributed by atoms with Gasteiger partial charge in [-0.15, -0.1) is 17.5 Å². The quantitative estimate of drug-likeness (QED) is 0.862. The van der Waals surface area contributed by atoms with Crippen molar-refractivity contribution in [3.63, 3.8) is 0 Å². The fourth-order valence-electron chi connectivity index (χ4n) is 3.00. The summed E-state index contributed by atoms with van der Waals surface area (Å²) in [6, 6.07) is 0.801. The summed E-state index contributed by atoms with van der Waals surface area (Å²) in [5.74, 6) is 0.669. The molecule has 6 nitrogen and oxygen atoms in total. The zero-order valence-electron chi connectivity index (χ0n) is 14.1. The van der Waals surface area contributed by atoms with E-state index in [-0.39, 0.29) is 18.3 Å². The number of rotatable bonds is 6. The minimum atomic E-state index is 0. The van der Waals surface area contributed by atoms with Crippen LogP contribution in [0.4, 0.5) is 0 Å². The standard InChI is InChI=1S/C16H27N5O.ClH/c1-12(2)7-10-20(13-3-4-13)16(22)15-11-21(19-18-15)14-5-8-17-9-6-14;/h11-14,17H,3-10H2,1-2H3;1H. The predicted molar refractivity (Wildman–Crippen MR) is 91.9 cm³/mol. The second kappa shape index (κ2) is 8.11. The van der Waals surface area contributed by atoms with Gasteiger partial charge in [0, 0.05) is 12.6 Å². The number of hydrogen-bond donors (Lipinski definition) is 1. The van der Waals surface area contributed by atoms with Crippen LogP contribution in [0.1, 0.15) is 62.5 Å². The van der Waals surface area contributed by atoms with Crippen LogP contribution in [0.5, 0.6) is 0 Å². The maximum absolute atomic E-state index is 12.7. The summed E-state index contributed by atoms with van der Waals surface area (Å²) in [7, 11) is 0. The van der Waals surface area contributed by atoms with Crippen LogP contribution in [0.25, 0.3) is 0 Å². The van der Waals surface area contributed by atoms with Gasteiger partial charge in [-0.2, -0.15) is 0 Å². The molecule has 1 saturated carbocycles. The summed E-state index contributed by atoms with van der Waals surface area (Å²) in [5, 5.41) is 11.7. The van der Waals surface area contributed by atoms with E-state index in [1.54, 1.807) is 0 Å². The number of carbonyl (C=O) groups is 1. The number of aromatic nitrogens is 3. The Hall–Kier alpha value is -1.14. The van der Waals surface area contributed by atoms with E-state index < -0.39 is 0 Å². The number of halogens is 1. The van der Waals surface area contributed by atoms with Crippen molar-refractivity contribution in [2.24, 2.45) is 5.92 Å². The van der Waals surface area contributed by atoms with Gasteiger partial charge in [0.15, 0.2) is 5.69 Å². The molecular formula is C16H28ClN5O. The first kappa shape index (κ1) is 18.2. The van der Waals surface area contributed by atoms with Gasteiger partial charge in [-0.05, 0) is 51.1 Å². The smallest absolute Gasteiger partial charge is 0.276 e. The van der Waals surface area contributed by atoms with E-state index in [1.807, 2.05) is 15.8 Å². The van der Waals surface area contributed by atoms with E-state index in [1.165, 1.54) is 0 Å². The maximum Gasteiger partial charge on any atom is 0.276 e. The van der Waals surface area contributed by atoms with Crippen LogP contribution < -0.4 is 5.32 Å². The molecule has 0 spiro atoms. The molecule has 23 heavy (non-hydrogen) atoms. The summed E-state index contributed by atoms with van der Waals surface area (Å²) in [6.45, 7) is 7.25. The third kappa shape index (κ3) is 4.67. The predicted octanol–water partition coefficient (Wildman–Crippen LogP) is 2.28. The molecule has 3 rings (SSSR count). The van der Waals surface area contributed by atoms with Gasteiger partial charge >= 0.3 is 0 Å². The van der Waals surface area contributed by atoms with Crippen molar-refractivity contribution in [2.45, 2.75) is 58.0 Å². The largest absolute Gasteiger partial charge is 0.334 e. The molecule has 2 heterocycles. The number of nitrogens with zero attached hydrogens (tertiary/aromatic N) is 4. The van der Waals surface area contributed by atoms with Gasteiger partial charge in [0.1, 0.15) is 0 Å². The minimum absolute atomic E-state index is 0. The molecule has 1 saturated heterocycles. The van der Waals surface area contributed by atoms with Gasteiger partial charge in [-0.25, -0.2) is 4.68 Å². The third-order valence-corrected chi connectivity index (χ3v) is 4.61. The number of amides is 1. The number of carbonyl (C=O) groups excluding carboxylic acids is 1. The van der Waals surface area contributed by atoms with Crippen LogP contribution in [0.2, 0.25) is 0 Å². The number of piperidine rings is 1. The summed E-state index contributed by atoms with van der Waals surface area (Å²) in [6.07, 6.45) is 7.26. The number of hydrogen-bond acceptors (Lipinski definition) is 4. The molecule has 0 bridgehead atoms. The summed E-state index contributed by atoms with van der Waals surface area (Å²) < 4.78 is 1.89. The van der Waals surface area contributed by atoms with E-state index in [4.69, 9.17) is 0 Å². The maximum atomic E-state index is 12.7. The molecule has 1 aromatic heterocycles. The van der Waals surface area contributed by atoms with E-state index in [0.29, 0.717) is 23.7 Å². The average Bonchev–Trinajstić information content (AvgIpc) is 3.23. The molecule has 0 atom stereocenters. The topological polar surface area (TPSA) is 63.1 Å². The highest BCUT2D eigenvalue weighted by Gasteiger charge is 2.34. The van der Waals surface area contributed by atoms with E-state index in [0.717, 1.165) is 51.7 Å². The van der Waals surface area contributed by atoms with Crippen molar-refractivity contribution >= 4 is 18.3 Å². The fourth-order valence-corrected chi connectivity index (χ4v) is 3.00. The van der Waals surface area contributed by atoms with Crippen molar-refractivity contribution in [3.05, 3.63) is 11.9 Å². The molecule has 130 valence electrons. The molecule has 1 N–H and O–H groups in total. The van der Waals surface area contributed by atoms with Crippen LogP contribution in [0.3, 0.4) is 0 Å². The molecule has 0 unspecified atom stereocenters. The second-order valence-electron chi connectivity index (χ2n) is 6.98. The Labute approximate surface area is 144 Å². The van der Waals surface area contributed by atoms with E-state index in [9.17, 15) is 4.79 Å². The lowest BCUT2D eigenvalue weighted by Gasteiger charge is -2.23. The summed E-state index contributed by atoms with van der Waals surface area (Å²) in [4.78, 5) is 14.7. The molecule has 1 aliphatic carbocycles. The van der Waals surface area contributed by atoms with Crippen LogP contribution in [0.15, 0.2) is 6.20 Å². The molecule has 1 aromatic rings. The van der Waals surface area contributed by atoms with Gasteiger partial charge in [-0.3, -0.25) is 4.79 Å². The van der Waals surface area contributed by atoms with Crippen LogP contribution in [-0.4, -0.2) is 51.5 Å². The Morgan fingerprint density at radius 1 is 1.35 bits per heavy atom. The number of nitrogens with one attached hydrogen (secondary N) is 1. The molecule has 2 fully saturated rings. The average molecular weight is 342 g/mol. The summed E-state index contributed by atoms with van der Waals surface area (Å²) >= 11 is 0. The molecule has 1 amide bonds. The Morgan fingerprint density at radius 3 is 2.65 bits per heavy atom. The van der Waals surface area contributed by atoms with E-state index in [2.05, 4.69) is 29.5 Å². The first-order valence-electron chi connectivity index (χ1n) is 8.58. The molecular weight excluding hydrogens is 314 g/mol. The van der Waals surface area contributed by atoms with Gasteiger partial charge < -0.3 is 10.2 Å². The van der Waals surface area contributed by atoms with Crippen LogP contribution >= 0.6 is 12.4 Å². The molecule has 2 aliphatic rings. The lowest BCUT2D eigenvalue weighted by Crippen LogP contribution is -2.35. The highest BCUT2D eigenvalue weighted by atomic mass is 35.5. The first-order chi connectivity index (χ1) is 10.6. The zero-order valence-corrected chi connectivity index (χ0v) is 14.9. The Morgan fingerprint density at radius 2 is 2.04 bits per heavy atom. The Bertz CT molecular complexity index is 508. The molecule has 0 radical (unpaired) electrons.